The van der Waals surface area contributed by atoms with Crippen LogP contribution in [0.4, 0.5) is 0 Å². The van der Waals surface area contributed by atoms with Gasteiger partial charge in [-0.25, -0.2) is 4.98 Å². The Balaban J connectivity index is 1.94. The third-order valence-electron chi connectivity index (χ3n) is 4.37. The average Bonchev–Trinajstić information content (AvgIpc) is 3.17. The van der Waals surface area contributed by atoms with Crippen LogP contribution in [0.1, 0.15) is 30.5 Å². The zero-order valence-electron chi connectivity index (χ0n) is 13.9. The van der Waals surface area contributed by atoms with Crippen LogP contribution in [0.25, 0.3) is 5.65 Å². The molecule has 0 aromatic carbocycles. The summed E-state index contributed by atoms with van der Waals surface area (Å²) in [5.41, 5.74) is 2.92. The molecule has 0 aliphatic carbocycles. The number of halogens is 1. The van der Waals surface area contributed by atoms with Crippen molar-refractivity contribution in [2.75, 3.05) is 6.61 Å². The maximum atomic E-state index is 9.76. The first-order valence-electron chi connectivity index (χ1n) is 8.12. The molecule has 0 radical (unpaired) electrons. The minimum atomic E-state index is 0.0548. The molecule has 0 aliphatic heterocycles. The summed E-state index contributed by atoms with van der Waals surface area (Å²) in [4.78, 5) is 6.83. The number of pyridine rings is 1. The van der Waals surface area contributed by atoms with Gasteiger partial charge >= 0.3 is 0 Å². The van der Waals surface area contributed by atoms with Crippen molar-refractivity contribution >= 4 is 17.2 Å². The number of hydrogen-bond acceptors (Lipinski definition) is 4. The number of hydrogen-bond donors (Lipinski definition) is 1. The van der Waals surface area contributed by atoms with Gasteiger partial charge in [0.2, 0.25) is 0 Å². The molecular formula is C18H22ClN3O2. The number of aliphatic hydroxyl groups excluding tert-OH is 1. The van der Waals surface area contributed by atoms with Crippen LogP contribution >= 0.6 is 11.6 Å². The molecule has 128 valence electrons. The molecule has 0 aliphatic rings. The lowest BCUT2D eigenvalue weighted by molar-refractivity contribution is 0.0983. The van der Waals surface area contributed by atoms with Crippen molar-refractivity contribution in [3.8, 4) is 0 Å². The number of nitrogens with zero attached hydrogens (tertiary/aromatic N) is 3. The van der Waals surface area contributed by atoms with Crippen molar-refractivity contribution in [1.29, 1.82) is 0 Å². The Morgan fingerprint density at radius 3 is 2.83 bits per heavy atom. The van der Waals surface area contributed by atoms with Crippen molar-refractivity contribution in [3.05, 3.63) is 58.9 Å². The summed E-state index contributed by atoms with van der Waals surface area (Å²) < 4.78 is 7.52. The fourth-order valence-electron chi connectivity index (χ4n) is 2.99. The Morgan fingerprint density at radius 1 is 1.33 bits per heavy atom. The van der Waals surface area contributed by atoms with E-state index in [-0.39, 0.29) is 12.6 Å². The van der Waals surface area contributed by atoms with Crippen LogP contribution in [0.2, 0.25) is 5.02 Å². The first kappa shape index (κ1) is 17.0. The Bertz CT molecular complexity index is 794. The van der Waals surface area contributed by atoms with Crippen LogP contribution in [-0.4, -0.2) is 32.0 Å². The van der Waals surface area contributed by atoms with E-state index in [1.54, 1.807) is 6.26 Å². The number of rotatable bonds is 7. The first-order chi connectivity index (χ1) is 11.6. The van der Waals surface area contributed by atoms with E-state index >= 15 is 0 Å². The normalized spacial score (nSPS) is 13.0. The Labute approximate surface area is 146 Å². The van der Waals surface area contributed by atoms with Crippen molar-refractivity contribution in [2.24, 2.45) is 0 Å². The second-order valence-electron chi connectivity index (χ2n) is 5.95. The minimum absolute atomic E-state index is 0.0548. The Hall–Kier alpha value is -1.82. The summed E-state index contributed by atoms with van der Waals surface area (Å²) in [6, 6.07) is 7.65. The molecule has 1 unspecified atom stereocenters. The van der Waals surface area contributed by atoms with Gasteiger partial charge in [0.25, 0.3) is 0 Å². The molecule has 0 spiro atoms. The van der Waals surface area contributed by atoms with Gasteiger partial charge in [-0.1, -0.05) is 18.5 Å². The molecule has 3 aromatic heterocycles. The summed E-state index contributed by atoms with van der Waals surface area (Å²) in [5.74, 6) is 0.881. The molecule has 3 heterocycles. The molecule has 0 saturated carbocycles. The maximum Gasteiger partial charge on any atom is 0.137 e. The third-order valence-corrected chi connectivity index (χ3v) is 4.60. The number of aliphatic hydroxyl groups is 1. The van der Waals surface area contributed by atoms with Crippen LogP contribution in [0.3, 0.4) is 0 Å². The summed E-state index contributed by atoms with van der Waals surface area (Å²) in [6.07, 6.45) is 4.41. The van der Waals surface area contributed by atoms with Crippen LogP contribution in [0.15, 0.2) is 41.1 Å². The molecule has 0 bridgehead atoms. The van der Waals surface area contributed by atoms with E-state index in [9.17, 15) is 5.11 Å². The number of aryl methyl sites for hydroxylation is 1. The van der Waals surface area contributed by atoms with E-state index in [1.165, 1.54) is 0 Å². The highest BCUT2D eigenvalue weighted by Crippen LogP contribution is 2.21. The van der Waals surface area contributed by atoms with Crippen molar-refractivity contribution in [3.63, 3.8) is 0 Å². The number of imidazole rings is 1. The minimum Gasteiger partial charge on any atom is -0.468 e. The van der Waals surface area contributed by atoms with E-state index in [0.29, 0.717) is 18.1 Å². The summed E-state index contributed by atoms with van der Waals surface area (Å²) in [5, 5.41) is 10.4. The largest absolute Gasteiger partial charge is 0.468 e. The van der Waals surface area contributed by atoms with Crippen molar-refractivity contribution in [2.45, 2.75) is 39.4 Å². The van der Waals surface area contributed by atoms with E-state index < -0.39 is 0 Å². The van der Waals surface area contributed by atoms with E-state index in [0.717, 1.165) is 29.2 Å². The monoisotopic (exact) mass is 347 g/mol. The van der Waals surface area contributed by atoms with Gasteiger partial charge in [-0.3, -0.25) is 4.90 Å². The van der Waals surface area contributed by atoms with Gasteiger partial charge in [-0.15, -0.1) is 0 Å². The molecule has 0 saturated heterocycles. The molecule has 6 heteroatoms. The molecule has 3 aromatic rings. The quantitative estimate of drug-likeness (QED) is 0.708. The van der Waals surface area contributed by atoms with Crippen molar-refractivity contribution in [1.82, 2.24) is 14.3 Å². The van der Waals surface area contributed by atoms with Crippen molar-refractivity contribution < 1.29 is 9.52 Å². The topological polar surface area (TPSA) is 53.9 Å². The number of aromatic nitrogens is 2. The van der Waals surface area contributed by atoms with Gasteiger partial charge in [0, 0.05) is 18.8 Å². The molecule has 24 heavy (non-hydrogen) atoms. The number of fused-ring (bicyclic) bond motifs is 1. The molecule has 1 atom stereocenters. The standard InChI is InChI=1S/C18H22ClN3O2/c1-3-15(12-23)21(10-16-5-4-8-24-16)11-17-13(2)20-18-7-6-14(19)9-22(17)18/h4-9,15,23H,3,10-12H2,1-2H3. The summed E-state index contributed by atoms with van der Waals surface area (Å²) in [6.45, 7) is 5.48. The predicted octanol–water partition coefficient (Wildman–Crippen LogP) is 3.66. The zero-order chi connectivity index (χ0) is 17.1. The third kappa shape index (κ3) is 3.48. The summed E-state index contributed by atoms with van der Waals surface area (Å²) >= 11 is 6.15. The second kappa shape index (κ2) is 7.38. The smallest absolute Gasteiger partial charge is 0.137 e. The molecular weight excluding hydrogens is 326 g/mol. The van der Waals surface area contributed by atoms with E-state index in [2.05, 4.69) is 16.8 Å². The molecule has 1 N–H and O–H groups in total. The molecule has 0 fully saturated rings. The van der Waals surface area contributed by atoms with Gasteiger partial charge in [-0.2, -0.15) is 0 Å². The summed E-state index contributed by atoms with van der Waals surface area (Å²) in [7, 11) is 0. The van der Waals surface area contributed by atoms with E-state index in [1.807, 2.05) is 41.8 Å². The maximum absolute atomic E-state index is 9.76. The lowest BCUT2D eigenvalue weighted by atomic mass is 10.1. The molecule has 3 rings (SSSR count). The fourth-order valence-corrected chi connectivity index (χ4v) is 3.15. The highest BCUT2D eigenvalue weighted by atomic mass is 35.5. The van der Waals surface area contributed by atoms with Crippen LogP contribution < -0.4 is 0 Å². The van der Waals surface area contributed by atoms with E-state index in [4.69, 9.17) is 16.0 Å². The lowest BCUT2D eigenvalue weighted by Gasteiger charge is -2.29. The van der Waals surface area contributed by atoms with Crippen LogP contribution in [-0.2, 0) is 13.1 Å². The zero-order valence-corrected chi connectivity index (χ0v) is 14.7. The Morgan fingerprint density at radius 2 is 2.17 bits per heavy atom. The molecule has 5 nitrogen and oxygen atoms in total. The lowest BCUT2D eigenvalue weighted by Crippen LogP contribution is -2.37. The Kier molecular flexibility index (Phi) is 5.23. The van der Waals surface area contributed by atoms with Gasteiger partial charge < -0.3 is 13.9 Å². The molecule has 0 amide bonds. The van der Waals surface area contributed by atoms with Gasteiger partial charge in [0.15, 0.2) is 0 Å². The van der Waals surface area contributed by atoms with Gasteiger partial charge in [-0.05, 0) is 37.6 Å². The van der Waals surface area contributed by atoms with Gasteiger partial charge in [0.05, 0.1) is 35.8 Å². The average molecular weight is 348 g/mol. The highest BCUT2D eigenvalue weighted by molar-refractivity contribution is 6.30. The highest BCUT2D eigenvalue weighted by Gasteiger charge is 2.21. The predicted molar refractivity (Wildman–Crippen MR) is 94.1 cm³/mol. The van der Waals surface area contributed by atoms with Crippen LogP contribution in [0.5, 0.6) is 0 Å². The fraction of sp³-hybridized carbons (Fsp3) is 0.389. The first-order valence-corrected chi connectivity index (χ1v) is 8.50. The van der Waals surface area contributed by atoms with Gasteiger partial charge in [0.1, 0.15) is 11.4 Å². The van der Waals surface area contributed by atoms with Crippen LogP contribution in [0, 0.1) is 6.92 Å². The SMILES string of the molecule is CCC(CO)N(Cc1ccco1)Cc1c(C)nc2ccc(Cl)cn12. The second-order valence-corrected chi connectivity index (χ2v) is 6.38. The number of furan rings is 1.